The van der Waals surface area contributed by atoms with Crippen LogP contribution in [-0.4, -0.2) is 23.4 Å². The summed E-state index contributed by atoms with van der Waals surface area (Å²) in [6.45, 7) is 0. The van der Waals surface area contributed by atoms with Crippen molar-refractivity contribution in [2.24, 2.45) is 0 Å². The van der Waals surface area contributed by atoms with Gasteiger partial charge in [-0.15, -0.1) is 11.8 Å². The maximum atomic E-state index is 13.9. The van der Waals surface area contributed by atoms with Gasteiger partial charge in [0.15, 0.2) is 11.6 Å². The minimum atomic E-state index is -0.668. The van der Waals surface area contributed by atoms with Gasteiger partial charge in [0.2, 0.25) is 11.8 Å². The Balaban J connectivity index is 1.21. The topological polar surface area (TPSA) is 92.3 Å². The molecule has 0 aromatic heterocycles. The number of ketones is 2. The van der Waals surface area contributed by atoms with Crippen molar-refractivity contribution in [2.75, 3.05) is 10.6 Å². The first kappa shape index (κ1) is 29.1. The quantitative estimate of drug-likeness (QED) is 0.170. The van der Waals surface area contributed by atoms with Crippen molar-refractivity contribution >= 4 is 58.1 Å². The van der Waals surface area contributed by atoms with Gasteiger partial charge < -0.3 is 10.6 Å². The Hall–Kier alpha value is -4.98. The fourth-order valence-corrected chi connectivity index (χ4v) is 6.24. The number of anilines is 2. The predicted molar refractivity (Wildman–Crippen MR) is 174 cm³/mol. The zero-order chi connectivity index (χ0) is 30.6. The van der Waals surface area contributed by atoms with E-state index in [1.54, 1.807) is 66.7 Å². The minimum Gasteiger partial charge on any atom is -0.326 e. The normalized spacial score (nSPS) is 12.6. The number of fused-ring (bicyclic) bond motifs is 2. The van der Waals surface area contributed by atoms with E-state index in [1.807, 2.05) is 54.6 Å². The average Bonchev–Trinajstić information content (AvgIpc) is 3.04. The summed E-state index contributed by atoms with van der Waals surface area (Å²) in [5, 5.41) is 5.78. The summed E-state index contributed by atoms with van der Waals surface area (Å²) < 4.78 is 0. The van der Waals surface area contributed by atoms with Gasteiger partial charge in [-0.3, -0.25) is 19.2 Å². The van der Waals surface area contributed by atoms with E-state index in [2.05, 4.69) is 10.6 Å². The molecule has 6 rings (SSSR count). The van der Waals surface area contributed by atoms with Crippen molar-refractivity contribution in [2.45, 2.75) is 16.6 Å². The number of amides is 2. The Morgan fingerprint density at radius 3 is 2.00 bits per heavy atom. The Morgan fingerprint density at radius 1 is 0.659 bits per heavy atom. The lowest BCUT2D eigenvalue weighted by Crippen LogP contribution is -2.25. The summed E-state index contributed by atoms with van der Waals surface area (Å²) in [5.74, 6) is -1.05. The van der Waals surface area contributed by atoms with E-state index >= 15 is 0 Å². The molecule has 2 amide bonds. The van der Waals surface area contributed by atoms with Crippen LogP contribution in [0, 0.1) is 0 Å². The number of rotatable bonds is 8. The Labute approximate surface area is 263 Å². The summed E-state index contributed by atoms with van der Waals surface area (Å²) in [4.78, 5) is 53.9. The third kappa shape index (κ3) is 6.20. The highest BCUT2D eigenvalue weighted by molar-refractivity contribution is 8.00. The summed E-state index contributed by atoms with van der Waals surface area (Å²) in [7, 11) is 0. The van der Waals surface area contributed by atoms with Crippen LogP contribution in [0.2, 0.25) is 5.02 Å². The van der Waals surface area contributed by atoms with Crippen LogP contribution < -0.4 is 10.6 Å². The standard InChI is InChI=1S/C36H25ClN2O4S/c37-24-15-13-22(14-16-24)21-31(40)38-25-17-19-26(20-18-25)44-35(23-7-2-1-3-8-23)36(43)39-30-12-6-11-29-32(30)34(42)28-10-5-4-9-27(28)33(29)41/h1-20,35H,21H2,(H,38,40)(H,39,43). The van der Waals surface area contributed by atoms with Gasteiger partial charge in [-0.05, 0) is 53.6 Å². The monoisotopic (exact) mass is 616 g/mol. The third-order valence-electron chi connectivity index (χ3n) is 7.22. The molecular weight excluding hydrogens is 592 g/mol. The van der Waals surface area contributed by atoms with E-state index in [0.717, 1.165) is 16.0 Å². The van der Waals surface area contributed by atoms with Crippen LogP contribution in [0.1, 0.15) is 48.2 Å². The second-order valence-corrected chi connectivity index (χ2v) is 11.8. The summed E-state index contributed by atoms with van der Waals surface area (Å²) in [6.07, 6.45) is 0.215. The van der Waals surface area contributed by atoms with Gasteiger partial charge in [-0.1, -0.05) is 90.5 Å². The SMILES string of the molecule is O=C(Cc1ccc(Cl)cc1)Nc1ccc(SC(C(=O)Nc2cccc3c2C(=O)c2ccccc2C3=O)c2ccccc2)cc1. The van der Waals surface area contributed by atoms with Crippen LogP contribution in [-0.2, 0) is 16.0 Å². The molecule has 1 atom stereocenters. The maximum Gasteiger partial charge on any atom is 0.242 e. The molecule has 5 aromatic carbocycles. The lowest BCUT2D eigenvalue weighted by molar-refractivity contribution is -0.116. The van der Waals surface area contributed by atoms with E-state index in [4.69, 9.17) is 11.6 Å². The van der Waals surface area contributed by atoms with Gasteiger partial charge in [-0.25, -0.2) is 0 Å². The Morgan fingerprint density at radius 2 is 1.30 bits per heavy atom. The third-order valence-corrected chi connectivity index (χ3v) is 8.74. The predicted octanol–water partition coefficient (Wildman–Crippen LogP) is 7.77. The van der Waals surface area contributed by atoms with Gasteiger partial charge in [0.25, 0.3) is 0 Å². The fraction of sp³-hybridized carbons (Fsp3) is 0.0556. The zero-order valence-electron chi connectivity index (χ0n) is 23.3. The van der Waals surface area contributed by atoms with E-state index in [0.29, 0.717) is 27.5 Å². The lowest BCUT2D eigenvalue weighted by Gasteiger charge is -2.22. The van der Waals surface area contributed by atoms with Gasteiger partial charge in [-0.2, -0.15) is 0 Å². The number of nitrogens with one attached hydrogen (secondary N) is 2. The van der Waals surface area contributed by atoms with Crippen molar-refractivity contribution in [1.29, 1.82) is 0 Å². The molecule has 1 aliphatic rings. The van der Waals surface area contributed by atoms with E-state index in [9.17, 15) is 19.2 Å². The van der Waals surface area contributed by atoms with Gasteiger partial charge in [0, 0.05) is 32.3 Å². The number of hydrogen-bond acceptors (Lipinski definition) is 5. The first-order chi connectivity index (χ1) is 21.4. The molecule has 8 heteroatoms. The number of benzene rings is 5. The summed E-state index contributed by atoms with van der Waals surface area (Å²) in [6, 6.07) is 35.4. The van der Waals surface area contributed by atoms with E-state index in [1.165, 1.54) is 11.8 Å². The first-order valence-corrected chi connectivity index (χ1v) is 15.1. The van der Waals surface area contributed by atoms with Crippen LogP contribution in [0.3, 0.4) is 0 Å². The van der Waals surface area contributed by atoms with E-state index < -0.39 is 5.25 Å². The summed E-state index contributed by atoms with van der Waals surface area (Å²) >= 11 is 7.27. The summed E-state index contributed by atoms with van der Waals surface area (Å²) in [5.41, 5.74) is 3.69. The smallest absolute Gasteiger partial charge is 0.242 e. The molecule has 0 radical (unpaired) electrons. The number of carbonyl (C=O) groups excluding carboxylic acids is 4. The minimum absolute atomic E-state index is 0.156. The number of halogens is 1. The molecule has 216 valence electrons. The highest BCUT2D eigenvalue weighted by Gasteiger charge is 2.32. The highest BCUT2D eigenvalue weighted by Crippen LogP contribution is 2.38. The Bertz CT molecular complexity index is 1890. The van der Waals surface area contributed by atoms with Crippen molar-refractivity contribution in [3.8, 4) is 0 Å². The molecule has 0 saturated heterocycles. The zero-order valence-corrected chi connectivity index (χ0v) is 24.8. The maximum absolute atomic E-state index is 13.9. The van der Waals surface area contributed by atoms with Crippen LogP contribution in [0.4, 0.5) is 11.4 Å². The molecule has 0 bridgehead atoms. The molecular formula is C36H25ClN2O4S. The van der Waals surface area contributed by atoms with Gasteiger partial charge >= 0.3 is 0 Å². The van der Waals surface area contributed by atoms with Crippen molar-refractivity contribution in [3.63, 3.8) is 0 Å². The largest absolute Gasteiger partial charge is 0.326 e. The number of hydrogen-bond donors (Lipinski definition) is 2. The molecule has 0 spiro atoms. The second kappa shape index (κ2) is 12.7. The van der Waals surface area contributed by atoms with Gasteiger partial charge in [0.05, 0.1) is 17.7 Å². The second-order valence-electron chi connectivity index (χ2n) is 10.2. The van der Waals surface area contributed by atoms with E-state index in [-0.39, 0.29) is 40.9 Å². The molecule has 1 unspecified atom stereocenters. The molecule has 6 nitrogen and oxygen atoms in total. The van der Waals surface area contributed by atoms with Crippen LogP contribution in [0.25, 0.3) is 0 Å². The molecule has 1 aliphatic carbocycles. The lowest BCUT2D eigenvalue weighted by atomic mass is 9.83. The highest BCUT2D eigenvalue weighted by atomic mass is 35.5. The average molecular weight is 617 g/mol. The van der Waals surface area contributed by atoms with Crippen molar-refractivity contribution in [3.05, 3.63) is 160 Å². The number of carbonyl (C=O) groups is 4. The number of thioether (sulfide) groups is 1. The molecule has 0 fully saturated rings. The van der Waals surface area contributed by atoms with Crippen molar-refractivity contribution < 1.29 is 19.2 Å². The molecule has 44 heavy (non-hydrogen) atoms. The molecule has 0 aliphatic heterocycles. The van der Waals surface area contributed by atoms with Crippen LogP contribution in [0.5, 0.6) is 0 Å². The fourth-order valence-electron chi connectivity index (χ4n) is 5.09. The Kier molecular flexibility index (Phi) is 8.41. The van der Waals surface area contributed by atoms with Crippen LogP contribution >= 0.6 is 23.4 Å². The molecule has 2 N–H and O–H groups in total. The van der Waals surface area contributed by atoms with Crippen molar-refractivity contribution in [1.82, 2.24) is 0 Å². The van der Waals surface area contributed by atoms with Crippen LogP contribution in [0.15, 0.2) is 126 Å². The molecule has 0 saturated carbocycles. The molecule has 5 aromatic rings. The molecule has 0 heterocycles. The van der Waals surface area contributed by atoms with Gasteiger partial charge in [0.1, 0.15) is 5.25 Å². The first-order valence-electron chi connectivity index (χ1n) is 13.9.